The molecule has 3 aromatic rings. The van der Waals surface area contributed by atoms with Crippen LogP contribution in [0.4, 0.5) is 0 Å². The molecule has 1 saturated heterocycles. The van der Waals surface area contributed by atoms with Gasteiger partial charge < -0.3 is 14.3 Å². The summed E-state index contributed by atoms with van der Waals surface area (Å²) in [5.41, 5.74) is 1.68. The molecule has 0 radical (unpaired) electrons. The zero-order valence-electron chi connectivity index (χ0n) is 14.5. The minimum atomic E-state index is 0.0176. The zero-order chi connectivity index (χ0) is 18.1. The molecular weight excluding hydrogens is 350 g/mol. The van der Waals surface area contributed by atoms with E-state index in [-0.39, 0.29) is 18.2 Å². The second-order valence-corrected chi connectivity index (χ2v) is 7.45. The first-order valence-corrected chi connectivity index (χ1v) is 9.39. The standard InChI is InChI=1S/C19H19N3O3S/c1-13-15-4-2-3-5-16(15)26-18(13)19(24)22-9-7-21(8-10-22)17(23)12-14-6-11-25-20-14/h2-6,11H,7-10,12H2,1H3. The predicted octanol–water partition coefficient (Wildman–Crippen LogP) is 2.72. The Hall–Kier alpha value is -2.67. The molecule has 0 atom stereocenters. The number of benzene rings is 1. The van der Waals surface area contributed by atoms with Gasteiger partial charge in [-0.1, -0.05) is 23.4 Å². The van der Waals surface area contributed by atoms with Crippen molar-refractivity contribution in [2.75, 3.05) is 26.2 Å². The van der Waals surface area contributed by atoms with E-state index < -0.39 is 0 Å². The Labute approximate surface area is 155 Å². The Morgan fingerprint density at radius 3 is 2.54 bits per heavy atom. The molecule has 1 fully saturated rings. The summed E-state index contributed by atoms with van der Waals surface area (Å²) < 4.78 is 5.90. The van der Waals surface area contributed by atoms with Crippen molar-refractivity contribution in [1.82, 2.24) is 15.0 Å². The summed E-state index contributed by atoms with van der Waals surface area (Å²) in [7, 11) is 0. The van der Waals surface area contributed by atoms with Crippen LogP contribution in [0, 0.1) is 6.92 Å². The van der Waals surface area contributed by atoms with Gasteiger partial charge in [-0.3, -0.25) is 9.59 Å². The maximum absolute atomic E-state index is 12.9. The van der Waals surface area contributed by atoms with Crippen LogP contribution >= 0.6 is 11.3 Å². The van der Waals surface area contributed by atoms with E-state index in [1.165, 1.54) is 6.26 Å². The molecule has 26 heavy (non-hydrogen) atoms. The molecule has 2 aromatic heterocycles. The van der Waals surface area contributed by atoms with Crippen molar-refractivity contribution < 1.29 is 14.1 Å². The highest BCUT2D eigenvalue weighted by Gasteiger charge is 2.27. The Kier molecular flexibility index (Phi) is 4.46. The third-order valence-electron chi connectivity index (χ3n) is 4.78. The number of nitrogens with zero attached hydrogens (tertiary/aromatic N) is 3. The summed E-state index contributed by atoms with van der Waals surface area (Å²) in [5, 5.41) is 4.92. The number of hydrogen-bond acceptors (Lipinski definition) is 5. The Balaban J connectivity index is 1.41. The summed E-state index contributed by atoms with van der Waals surface area (Å²) in [6.45, 7) is 4.20. The molecule has 2 amide bonds. The van der Waals surface area contributed by atoms with Crippen LogP contribution in [0.25, 0.3) is 10.1 Å². The normalized spacial score (nSPS) is 14.8. The van der Waals surface area contributed by atoms with E-state index in [0.717, 1.165) is 20.5 Å². The van der Waals surface area contributed by atoms with Crippen molar-refractivity contribution in [3.63, 3.8) is 0 Å². The molecule has 3 heterocycles. The van der Waals surface area contributed by atoms with Crippen molar-refractivity contribution in [3.05, 3.63) is 52.7 Å². The van der Waals surface area contributed by atoms with E-state index in [9.17, 15) is 9.59 Å². The first kappa shape index (κ1) is 16.8. The topological polar surface area (TPSA) is 66.7 Å². The molecule has 0 saturated carbocycles. The molecule has 0 bridgehead atoms. The van der Waals surface area contributed by atoms with E-state index in [2.05, 4.69) is 11.2 Å². The van der Waals surface area contributed by atoms with Crippen LogP contribution in [0.2, 0.25) is 0 Å². The molecule has 1 aliphatic heterocycles. The van der Waals surface area contributed by atoms with E-state index in [1.54, 1.807) is 22.3 Å². The summed E-state index contributed by atoms with van der Waals surface area (Å²) in [6.07, 6.45) is 1.70. The number of aromatic nitrogens is 1. The fraction of sp³-hybridized carbons (Fsp3) is 0.316. The third kappa shape index (κ3) is 3.10. The van der Waals surface area contributed by atoms with Gasteiger partial charge in [0.1, 0.15) is 6.26 Å². The molecule has 4 rings (SSSR count). The number of rotatable bonds is 3. The second-order valence-electron chi connectivity index (χ2n) is 6.39. The number of thiophene rings is 1. The summed E-state index contributed by atoms with van der Waals surface area (Å²) >= 11 is 1.55. The predicted molar refractivity (Wildman–Crippen MR) is 99.3 cm³/mol. The average molecular weight is 369 g/mol. The Morgan fingerprint density at radius 1 is 1.12 bits per heavy atom. The monoisotopic (exact) mass is 369 g/mol. The molecule has 1 aliphatic rings. The van der Waals surface area contributed by atoms with Gasteiger partial charge in [0.2, 0.25) is 5.91 Å². The number of piperazine rings is 1. The molecule has 0 unspecified atom stereocenters. The number of hydrogen-bond donors (Lipinski definition) is 0. The van der Waals surface area contributed by atoms with Crippen molar-refractivity contribution in [1.29, 1.82) is 0 Å². The fourth-order valence-electron chi connectivity index (χ4n) is 3.28. The van der Waals surface area contributed by atoms with Crippen LogP contribution < -0.4 is 0 Å². The smallest absolute Gasteiger partial charge is 0.264 e. The van der Waals surface area contributed by atoms with Crippen LogP contribution in [0.1, 0.15) is 20.9 Å². The highest BCUT2D eigenvalue weighted by atomic mass is 32.1. The summed E-state index contributed by atoms with van der Waals surface area (Å²) in [6, 6.07) is 9.78. The number of carbonyl (C=O) groups is 2. The maximum Gasteiger partial charge on any atom is 0.264 e. The molecule has 134 valence electrons. The van der Waals surface area contributed by atoms with Gasteiger partial charge in [0.25, 0.3) is 5.91 Å². The van der Waals surface area contributed by atoms with Gasteiger partial charge in [-0.05, 0) is 23.9 Å². The maximum atomic E-state index is 12.9. The molecule has 6 nitrogen and oxygen atoms in total. The minimum Gasteiger partial charge on any atom is -0.364 e. The highest BCUT2D eigenvalue weighted by Crippen LogP contribution is 2.31. The first-order chi connectivity index (χ1) is 12.6. The van der Waals surface area contributed by atoms with Gasteiger partial charge in [0.05, 0.1) is 17.0 Å². The number of amides is 2. The van der Waals surface area contributed by atoms with Crippen molar-refractivity contribution in [3.8, 4) is 0 Å². The van der Waals surface area contributed by atoms with E-state index >= 15 is 0 Å². The number of aryl methyl sites for hydroxylation is 1. The first-order valence-electron chi connectivity index (χ1n) is 8.58. The van der Waals surface area contributed by atoms with Crippen LogP contribution in [0.5, 0.6) is 0 Å². The van der Waals surface area contributed by atoms with Crippen molar-refractivity contribution >= 4 is 33.2 Å². The molecule has 0 spiro atoms. The van der Waals surface area contributed by atoms with Crippen LogP contribution in [-0.2, 0) is 11.2 Å². The highest BCUT2D eigenvalue weighted by molar-refractivity contribution is 7.21. The van der Waals surface area contributed by atoms with Crippen molar-refractivity contribution in [2.24, 2.45) is 0 Å². The summed E-state index contributed by atoms with van der Waals surface area (Å²) in [5.74, 6) is 0.0799. The molecule has 0 aliphatic carbocycles. The van der Waals surface area contributed by atoms with Crippen molar-refractivity contribution in [2.45, 2.75) is 13.3 Å². The lowest BCUT2D eigenvalue weighted by atomic mass is 10.1. The van der Waals surface area contributed by atoms with Crippen LogP contribution in [0.15, 0.2) is 41.1 Å². The van der Waals surface area contributed by atoms with Crippen LogP contribution in [-0.4, -0.2) is 52.9 Å². The quantitative estimate of drug-likeness (QED) is 0.712. The molecule has 1 aromatic carbocycles. The second kappa shape index (κ2) is 6.92. The van der Waals surface area contributed by atoms with E-state index in [0.29, 0.717) is 31.9 Å². The van der Waals surface area contributed by atoms with Crippen LogP contribution in [0.3, 0.4) is 0 Å². The third-order valence-corrected chi connectivity index (χ3v) is 6.04. The van der Waals surface area contributed by atoms with Gasteiger partial charge in [0, 0.05) is 36.9 Å². The lowest BCUT2D eigenvalue weighted by Crippen LogP contribution is -2.51. The zero-order valence-corrected chi connectivity index (χ0v) is 15.3. The lowest BCUT2D eigenvalue weighted by molar-refractivity contribution is -0.132. The molecule has 0 N–H and O–H groups in total. The van der Waals surface area contributed by atoms with Gasteiger partial charge in [-0.15, -0.1) is 11.3 Å². The fourth-order valence-corrected chi connectivity index (χ4v) is 4.45. The van der Waals surface area contributed by atoms with Gasteiger partial charge in [0.15, 0.2) is 0 Å². The SMILES string of the molecule is Cc1c(C(=O)N2CCN(C(=O)Cc3ccon3)CC2)sc2ccccc12. The lowest BCUT2D eigenvalue weighted by Gasteiger charge is -2.34. The molecule has 7 heteroatoms. The van der Waals surface area contributed by atoms with Gasteiger partial charge in [-0.25, -0.2) is 0 Å². The summed E-state index contributed by atoms with van der Waals surface area (Å²) in [4.78, 5) is 29.7. The Bertz CT molecular complexity index is 940. The minimum absolute atomic E-state index is 0.0176. The average Bonchev–Trinajstić information content (AvgIpc) is 3.29. The van der Waals surface area contributed by atoms with Gasteiger partial charge in [-0.2, -0.15) is 0 Å². The van der Waals surface area contributed by atoms with E-state index in [4.69, 9.17) is 4.52 Å². The van der Waals surface area contributed by atoms with E-state index in [1.807, 2.05) is 30.0 Å². The molecular formula is C19H19N3O3S. The largest absolute Gasteiger partial charge is 0.364 e. The Morgan fingerprint density at radius 2 is 1.85 bits per heavy atom. The van der Waals surface area contributed by atoms with Gasteiger partial charge >= 0.3 is 0 Å². The number of fused-ring (bicyclic) bond motifs is 1. The number of carbonyl (C=O) groups excluding carboxylic acids is 2.